The average molecular weight is 278 g/mol. The third-order valence-corrected chi connectivity index (χ3v) is 3.38. The van der Waals surface area contributed by atoms with Crippen LogP contribution in [0.3, 0.4) is 0 Å². The highest BCUT2D eigenvalue weighted by Crippen LogP contribution is 2.14. The first-order chi connectivity index (χ1) is 9.38. The number of aryl methyl sites for hydroxylation is 2. The Bertz CT molecular complexity index is 444. The molecular formula is C16H26N2O2. The van der Waals surface area contributed by atoms with Crippen LogP contribution in [0, 0.1) is 13.8 Å². The lowest BCUT2D eigenvalue weighted by molar-refractivity contribution is -0.137. The molecule has 0 amide bonds. The summed E-state index contributed by atoms with van der Waals surface area (Å²) in [5.74, 6) is -0.753. The SMILES string of the molecule is Cc1ccc(CC(CC(=O)O)NCCN(C)C)c(C)c1. The molecule has 0 aliphatic heterocycles. The van der Waals surface area contributed by atoms with Crippen molar-refractivity contribution in [3.8, 4) is 0 Å². The van der Waals surface area contributed by atoms with E-state index in [1.807, 2.05) is 14.1 Å². The van der Waals surface area contributed by atoms with E-state index >= 15 is 0 Å². The van der Waals surface area contributed by atoms with Crippen molar-refractivity contribution < 1.29 is 9.90 Å². The highest BCUT2D eigenvalue weighted by atomic mass is 16.4. The second-order valence-corrected chi connectivity index (χ2v) is 5.69. The van der Waals surface area contributed by atoms with E-state index in [1.165, 1.54) is 16.7 Å². The van der Waals surface area contributed by atoms with E-state index < -0.39 is 5.97 Å². The molecule has 1 aromatic rings. The van der Waals surface area contributed by atoms with E-state index in [1.54, 1.807) is 0 Å². The normalized spacial score (nSPS) is 12.7. The zero-order valence-corrected chi connectivity index (χ0v) is 12.9. The summed E-state index contributed by atoms with van der Waals surface area (Å²) in [5, 5.41) is 12.4. The van der Waals surface area contributed by atoms with E-state index in [4.69, 9.17) is 5.11 Å². The van der Waals surface area contributed by atoms with E-state index in [-0.39, 0.29) is 12.5 Å². The van der Waals surface area contributed by atoms with Gasteiger partial charge in [-0.25, -0.2) is 0 Å². The number of nitrogens with one attached hydrogen (secondary N) is 1. The fourth-order valence-corrected chi connectivity index (χ4v) is 2.26. The number of carboxylic acid groups (broad SMARTS) is 1. The molecule has 0 bridgehead atoms. The number of rotatable bonds is 8. The van der Waals surface area contributed by atoms with Gasteiger partial charge in [0, 0.05) is 19.1 Å². The van der Waals surface area contributed by atoms with Gasteiger partial charge in [0.1, 0.15) is 0 Å². The molecule has 1 atom stereocenters. The highest BCUT2D eigenvalue weighted by molar-refractivity contribution is 5.67. The minimum absolute atomic E-state index is 0.0196. The van der Waals surface area contributed by atoms with E-state index in [0.717, 1.165) is 19.5 Å². The molecule has 1 unspecified atom stereocenters. The zero-order chi connectivity index (χ0) is 15.1. The molecule has 0 aliphatic rings. The fourth-order valence-electron chi connectivity index (χ4n) is 2.26. The summed E-state index contributed by atoms with van der Waals surface area (Å²) >= 11 is 0. The van der Waals surface area contributed by atoms with Crippen molar-refractivity contribution in [2.45, 2.75) is 32.7 Å². The van der Waals surface area contributed by atoms with E-state index in [0.29, 0.717) is 0 Å². The van der Waals surface area contributed by atoms with Crippen LogP contribution in [0.15, 0.2) is 18.2 Å². The zero-order valence-electron chi connectivity index (χ0n) is 12.9. The Morgan fingerprint density at radius 3 is 2.60 bits per heavy atom. The predicted octanol–water partition coefficient (Wildman–Crippen LogP) is 1.84. The van der Waals surface area contributed by atoms with Gasteiger partial charge < -0.3 is 15.3 Å². The van der Waals surface area contributed by atoms with Gasteiger partial charge >= 0.3 is 5.97 Å². The van der Waals surface area contributed by atoms with Crippen LogP contribution in [0.2, 0.25) is 0 Å². The third kappa shape index (κ3) is 6.17. The van der Waals surface area contributed by atoms with Gasteiger partial charge in [0.15, 0.2) is 0 Å². The maximum atomic E-state index is 11.0. The number of likely N-dealkylation sites (N-methyl/N-ethyl adjacent to an activating group) is 1. The molecule has 0 heterocycles. The highest BCUT2D eigenvalue weighted by Gasteiger charge is 2.14. The standard InChI is InChI=1S/C16H26N2O2/c1-12-5-6-14(13(2)9-12)10-15(11-16(19)20)17-7-8-18(3)4/h5-6,9,15,17H,7-8,10-11H2,1-4H3,(H,19,20). The summed E-state index contributed by atoms with van der Waals surface area (Å²) in [6, 6.07) is 6.31. The molecule has 4 heteroatoms. The minimum atomic E-state index is -0.753. The molecule has 0 fully saturated rings. The molecule has 20 heavy (non-hydrogen) atoms. The number of aliphatic carboxylic acids is 1. The van der Waals surface area contributed by atoms with Gasteiger partial charge in [0.05, 0.1) is 6.42 Å². The maximum Gasteiger partial charge on any atom is 0.304 e. The van der Waals surface area contributed by atoms with Crippen molar-refractivity contribution in [3.63, 3.8) is 0 Å². The number of carbonyl (C=O) groups is 1. The first-order valence-electron chi connectivity index (χ1n) is 7.04. The molecule has 4 nitrogen and oxygen atoms in total. The molecule has 112 valence electrons. The van der Waals surface area contributed by atoms with Gasteiger partial charge in [0.25, 0.3) is 0 Å². The van der Waals surface area contributed by atoms with Crippen LogP contribution in [0.5, 0.6) is 0 Å². The van der Waals surface area contributed by atoms with Crippen LogP contribution in [0.1, 0.15) is 23.1 Å². The van der Waals surface area contributed by atoms with Crippen molar-refractivity contribution in [2.75, 3.05) is 27.2 Å². The summed E-state index contributed by atoms with van der Waals surface area (Å²) in [6.07, 6.45) is 0.909. The molecule has 1 aromatic carbocycles. The summed E-state index contributed by atoms with van der Waals surface area (Å²) in [5.41, 5.74) is 3.69. The van der Waals surface area contributed by atoms with Crippen molar-refractivity contribution in [1.29, 1.82) is 0 Å². The second-order valence-electron chi connectivity index (χ2n) is 5.69. The number of carboxylic acids is 1. The summed E-state index contributed by atoms with van der Waals surface area (Å²) in [4.78, 5) is 13.1. The van der Waals surface area contributed by atoms with E-state index in [9.17, 15) is 4.79 Å². The van der Waals surface area contributed by atoms with Crippen molar-refractivity contribution in [1.82, 2.24) is 10.2 Å². The molecule has 1 rings (SSSR count). The van der Waals surface area contributed by atoms with Crippen LogP contribution in [-0.4, -0.2) is 49.2 Å². The van der Waals surface area contributed by atoms with Crippen LogP contribution in [-0.2, 0) is 11.2 Å². The van der Waals surface area contributed by atoms with Gasteiger partial charge in [-0.05, 0) is 45.5 Å². The summed E-state index contributed by atoms with van der Waals surface area (Å²) in [6.45, 7) is 5.86. The monoisotopic (exact) mass is 278 g/mol. The third-order valence-electron chi connectivity index (χ3n) is 3.38. The summed E-state index contributed by atoms with van der Waals surface area (Å²) in [7, 11) is 4.02. The first kappa shape index (κ1) is 16.7. The number of benzene rings is 1. The molecule has 0 saturated carbocycles. The minimum Gasteiger partial charge on any atom is -0.481 e. The largest absolute Gasteiger partial charge is 0.481 e. The first-order valence-corrected chi connectivity index (χ1v) is 7.04. The molecule has 0 aliphatic carbocycles. The molecule has 0 radical (unpaired) electrons. The van der Waals surface area contributed by atoms with Gasteiger partial charge in [-0.3, -0.25) is 4.79 Å². The number of nitrogens with zero attached hydrogens (tertiary/aromatic N) is 1. The average Bonchev–Trinajstić information content (AvgIpc) is 2.31. The Morgan fingerprint density at radius 2 is 2.05 bits per heavy atom. The van der Waals surface area contributed by atoms with Crippen molar-refractivity contribution in [2.24, 2.45) is 0 Å². The molecule has 0 aromatic heterocycles. The van der Waals surface area contributed by atoms with Crippen molar-refractivity contribution in [3.05, 3.63) is 34.9 Å². The van der Waals surface area contributed by atoms with Crippen LogP contribution < -0.4 is 5.32 Å². The van der Waals surface area contributed by atoms with Gasteiger partial charge in [-0.15, -0.1) is 0 Å². The predicted molar refractivity (Wildman–Crippen MR) is 82.2 cm³/mol. The van der Waals surface area contributed by atoms with Gasteiger partial charge in [0.2, 0.25) is 0 Å². The Balaban J connectivity index is 2.65. The second kappa shape index (κ2) is 8.02. The fraction of sp³-hybridized carbons (Fsp3) is 0.562. The summed E-state index contributed by atoms with van der Waals surface area (Å²) < 4.78 is 0. The number of hydrogen-bond acceptors (Lipinski definition) is 3. The topological polar surface area (TPSA) is 52.6 Å². The van der Waals surface area contributed by atoms with Crippen LogP contribution in [0.25, 0.3) is 0 Å². The van der Waals surface area contributed by atoms with Gasteiger partial charge in [-0.1, -0.05) is 23.8 Å². The maximum absolute atomic E-state index is 11.0. The molecular weight excluding hydrogens is 252 g/mol. The molecule has 0 saturated heterocycles. The quantitative estimate of drug-likeness (QED) is 0.762. The Kier molecular flexibility index (Phi) is 6.68. The lowest BCUT2D eigenvalue weighted by Crippen LogP contribution is -2.37. The Labute approximate surface area is 121 Å². The smallest absolute Gasteiger partial charge is 0.304 e. The lowest BCUT2D eigenvalue weighted by Gasteiger charge is -2.20. The number of hydrogen-bond donors (Lipinski definition) is 2. The van der Waals surface area contributed by atoms with Crippen LogP contribution in [0.4, 0.5) is 0 Å². The van der Waals surface area contributed by atoms with E-state index in [2.05, 4.69) is 42.3 Å². The van der Waals surface area contributed by atoms with Gasteiger partial charge in [-0.2, -0.15) is 0 Å². The Hall–Kier alpha value is -1.39. The molecule has 0 spiro atoms. The molecule has 2 N–H and O–H groups in total. The van der Waals surface area contributed by atoms with Crippen molar-refractivity contribution >= 4 is 5.97 Å². The van der Waals surface area contributed by atoms with Crippen LogP contribution >= 0.6 is 0 Å². The Morgan fingerprint density at radius 1 is 1.35 bits per heavy atom. The lowest BCUT2D eigenvalue weighted by atomic mass is 9.97.